The fraction of sp³-hybridized carbons (Fsp3) is 0.304. The quantitative estimate of drug-likeness (QED) is 0.400. The molecule has 7 heteroatoms. The van der Waals surface area contributed by atoms with Crippen molar-refractivity contribution in [2.75, 3.05) is 25.1 Å². The maximum absolute atomic E-state index is 12.7. The molecule has 2 aromatic rings. The molecule has 0 aliphatic rings. The van der Waals surface area contributed by atoms with Crippen LogP contribution in [0.15, 0.2) is 42.0 Å². The maximum Gasteiger partial charge on any atom is 0.266 e. The zero-order chi connectivity index (χ0) is 21.9. The predicted molar refractivity (Wildman–Crippen MR) is 118 cm³/mol. The number of hydrogen-bond acceptors (Lipinski definition) is 5. The lowest BCUT2D eigenvalue weighted by molar-refractivity contribution is -0.112. The summed E-state index contributed by atoms with van der Waals surface area (Å²) in [6.07, 6.45) is 2.28. The minimum atomic E-state index is -0.551. The number of anilines is 1. The van der Waals surface area contributed by atoms with Crippen molar-refractivity contribution in [2.24, 2.45) is 0 Å². The lowest BCUT2D eigenvalue weighted by atomic mass is 10.1. The molecule has 0 fully saturated rings. The average molecular weight is 429 g/mol. The Morgan fingerprint density at radius 1 is 1.10 bits per heavy atom. The first-order valence-electron chi connectivity index (χ1n) is 9.78. The zero-order valence-corrected chi connectivity index (χ0v) is 18.1. The summed E-state index contributed by atoms with van der Waals surface area (Å²) in [5, 5.41) is 12.6. The van der Waals surface area contributed by atoms with E-state index in [2.05, 4.69) is 5.32 Å². The van der Waals surface area contributed by atoms with Gasteiger partial charge in [0, 0.05) is 0 Å². The molecule has 158 valence electrons. The highest BCUT2D eigenvalue weighted by molar-refractivity contribution is 6.32. The van der Waals surface area contributed by atoms with Crippen LogP contribution in [0.4, 0.5) is 5.69 Å². The first-order valence-corrected chi connectivity index (χ1v) is 10.2. The van der Waals surface area contributed by atoms with E-state index in [4.69, 9.17) is 25.8 Å². The Bertz CT molecular complexity index is 951. The SMILES string of the molecule is CCCOc1c(Cl)cc(/C=C(\C#N)C(=O)Nc2ccccc2OCC)cc1OCC. The number of rotatable bonds is 10. The molecule has 2 aromatic carbocycles. The van der Waals surface area contributed by atoms with Crippen LogP contribution >= 0.6 is 11.6 Å². The van der Waals surface area contributed by atoms with Gasteiger partial charge in [0.1, 0.15) is 17.4 Å². The number of amides is 1. The van der Waals surface area contributed by atoms with Crippen LogP contribution in [0.25, 0.3) is 6.08 Å². The fourth-order valence-corrected chi connectivity index (χ4v) is 2.91. The van der Waals surface area contributed by atoms with Crippen molar-refractivity contribution in [2.45, 2.75) is 27.2 Å². The van der Waals surface area contributed by atoms with Crippen molar-refractivity contribution in [3.63, 3.8) is 0 Å². The summed E-state index contributed by atoms with van der Waals surface area (Å²) in [5.41, 5.74) is 0.959. The fourth-order valence-electron chi connectivity index (χ4n) is 2.63. The summed E-state index contributed by atoms with van der Waals surface area (Å²) in [6.45, 7) is 7.08. The molecule has 1 amide bonds. The van der Waals surface area contributed by atoms with Crippen LogP contribution in [0, 0.1) is 11.3 Å². The van der Waals surface area contributed by atoms with Crippen LogP contribution in [-0.2, 0) is 4.79 Å². The molecule has 2 rings (SSSR count). The second-order valence-corrected chi connectivity index (χ2v) is 6.57. The summed E-state index contributed by atoms with van der Waals surface area (Å²) >= 11 is 6.36. The van der Waals surface area contributed by atoms with Crippen molar-refractivity contribution in [1.29, 1.82) is 5.26 Å². The summed E-state index contributed by atoms with van der Waals surface area (Å²) in [6, 6.07) is 12.3. The smallest absolute Gasteiger partial charge is 0.266 e. The highest BCUT2D eigenvalue weighted by atomic mass is 35.5. The highest BCUT2D eigenvalue weighted by Crippen LogP contribution is 2.37. The Balaban J connectivity index is 2.33. The van der Waals surface area contributed by atoms with Crippen molar-refractivity contribution in [1.82, 2.24) is 0 Å². The monoisotopic (exact) mass is 428 g/mol. The molecule has 0 aliphatic heterocycles. The molecule has 0 bridgehead atoms. The van der Waals surface area contributed by atoms with E-state index < -0.39 is 5.91 Å². The second kappa shape index (κ2) is 11.7. The second-order valence-electron chi connectivity index (χ2n) is 6.16. The number of para-hydroxylation sites is 2. The molecule has 0 aromatic heterocycles. The van der Waals surface area contributed by atoms with E-state index in [1.807, 2.05) is 26.8 Å². The van der Waals surface area contributed by atoms with Crippen LogP contribution < -0.4 is 19.5 Å². The van der Waals surface area contributed by atoms with Crippen molar-refractivity contribution >= 4 is 29.3 Å². The van der Waals surface area contributed by atoms with Crippen LogP contribution in [0.5, 0.6) is 17.2 Å². The minimum absolute atomic E-state index is 0.0814. The molecule has 0 saturated heterocycles. The van der Waals surface area contributed by atoms with Gasteiger partial charge in [-0.15, -0.1) is 0 Å². The van der Waals surface area contributed by atoms with Crippen molar-refractivity contribution < 1.29 is 19.0 Å². The number of carbonyl (C=O) groups is 1. The number of hydrogen-bond donors (Lipinski definition) is 1. The van der Waals surface area contributed by atoms with Crippen LogP contribution in [-0.4, -0.2) is 25.7 Å². The van der Waals surface area contributed by atoms with Crippen molar-refractivity contribution in [3.8, 4) is 23.3 Å². The summed E-state index contributed by atoms with van der Waals surface area (Å²) in [5.74, 6) is 0.894. The number of benzene rings is 2. The lowest BCUT2D eigenvalue weighted by Crippen LogP contribution is -2.14. The van der Waals surface area contributed by atoms with Gasteiger partial charge in [0.25, 0.3) is 5.91 Å². The van der Waals surface area contributed by atoms with Gasteiger partial charge in [-0.25, -0.2) is 0 Å². The van der Waals surface area contributed by atoms with Gasteiger partial charge in [0.2, 0.25) is 0 Å². The van der Waals surface area contributed by atoms with E-state index in [-0.39, 0.29) is 5.57 Å². The minimum Gasteiger partial charge on any atom is -0.492 e. The molecule has 0 radical (unpaired) electrons. The maximum atomic E-state index is 12.7. The molecule has 30 heavy (non-hydrogen) atoms. The van der Waals surface area contributed by atoms with E-state index in [1.54, 1.807) is 36.4 Å². The number of ether oxygens (including phenoxy) is 3. The van der Waals surface area contributed by atoms with Gasteiger partial charge in [-0.2, -0.15) is 5.26 Å². The molecule has 6 nitrogen and oxygen atoms in total. The van der Waals surface area contributed by atoms with Gasteiger partial charge in [0.15, 0.2) is 11.5 Å². The molecule has 0 atom stereocenters. The number of carbonyl (C=O) groups excluding carboxylic acids is 1. The van der Waals surface area contributed by atoms with Gasteiger partial charge < -0.3 is 19.5 Å². The van der Waals surface area contributed by atoms with Crippen LogP contribution in [0.1, 0.15) is 32.8 Å². The molecule has 0 unspecified atom stereocenters. The molecular weight excluding hydrogens is 404 g/mol. The number of nitriles is 1. The Labute approximate surface area is 182 Å². The van der Waals surface area contributed by atoms with Gasteiger partial charge >= 0.3 is 0 Å². The van der Waals surface area contributed by atoms with Gasteiger partial charge in [0.05, 0.1) is 30.5 Å². The first kappa shape index (κ1) is 23.1. The zero-order valence-electron chi connectivity index (χ0n) is 17.3. The molecule has 1 N–H and O–H groups in total. The van der Waals surface area contributed by atoms with Gasteiger partial charge in [-0.3, -0.25) is 4.79 Å². The van der Waals surface area contributed by atoms with E-state index >= 15 is 0 Å². The summed E-state index contributed by atoms with van der Waals surface area (Å²) in [7, 11) is 0. The molecule has 0 saturated carbocycles. The number of nitrogens with zero attached hydrogens (tertiary/aromatic N) is 1. The van der Waals surface area contributed by atoms with Gasteiger partial charge in [-0.05, 0) is 56.2 Å². The topological polar surface area (TPSA) is 80.6 Å². The normalized spacial score (nSPS) is 10.8. The van der Waals surface area contributed by atoms with Gasteiger partial charge in [-0.1, -0.05) is 30.7 Å². The summed E-state index contributed by atoms with van der Waals surface area (Å²) < 4.78 is 16.8. The Hall–Kier alpha value is -3.17. The third kappa shape index (κ3) is 6.16. The standard InChI is InChI=1S/C23H25ClN2O4/c1-4-11-30-22-18(24)13-16(14-21(22)29-6-3)12-17(15-25)23(27)26-19-9-7-8-10-20(19)28-5-2/h7-10,12-14H,4-6,11H2,1-3H3,(H,26,27)/b17-12+. The predicted octanol–water partition coefficient (Wildman–Crippen LogP) is 5.47. The van der Waals surface area contributed by atoms with E-state index in [1.165, 1.54) is 6.08 Å². The van der Waals surface area contributed by atoms with E-state index in [9.17, 15) is 10.1 Å². The van der Waals surface area contributed by atoms with Crippen LogP contribution in [0.2, 0.25) is 5.02 Å². The number of halogens is 1. The van der Waals surface area contributed by atoms with E-state index in [0.29, 0.717) is 53.3 Å². The third-order valence-electron chi connectivity index (χ3n) is 3.89. The molecular formula is C23H25ClN2O4. The first-order chi connectivity index (χ1) is 14.5. The largest absolute Gasteiger partial charge is 0.492 e. The third-order valence-corrected chi connectivity index (χ3v) is 4.17. The Morgan fingerprint density at radius 2 is 1.80 bits per heavy atom. The Morgan fingerprint density at radius 3 is 2.47 bits per heavy atom. The Kier molecular flexibility index (Phi) is 9.04. The van der Waals surface area contributed by atoms with Crippen molar-refractivity contribution in [3.05, 3.63) is 52.6 Å². The summed E-state index contributed by atoms with van der Waals surface area (Å²) in [4.78, 5) is 12.7. The molecule has 0 heterocycles. The van der Waals surface area contributed by atoms with Crippen LogP contribution in [0.3, 0.4) is 0 Å². The lowest BCUT2D eigenvalue weighted by Gasteiger charge is -2.14. The van der Waals surface area contributed by atoms with E-state index in [0.717, 1.165) is 6.42 Å². The number of nitrogens with one attached hydrogen (secondary N) is 1. The highest BCUT2D eigenvalue weighted by Gasteiger charge is 2.15. The molecule has 0 spiro atoms. The average Bonchev–Trinajstić information content (AvgIpc) is 2.73. The molecule has 0 aliphatic carbocycles.